The molecule has 0 aliphatic heterocycles. The second-order valence-electron chi connectivity index (χ2n) is 4.79. The van der Waals surface area contributed by atoms with E-state index in [0.29, 0.717) is 5.92 Å². The molecule has 0 saturated heterocycles. The van der Waals surface area contributed by atoms with E-state index in [9.17, 15) is 0 Å². The SMILES string of the molecule is CC1=CC(C(C)CN)CC(C)C1C. The summed E-state index contributed by atoms with van der Waals surface area (Å²) in [7, 11) is 0. The monoisotopic (exact) mass is 181 g/mol. The largest absolute Gasteiger partial charge is 0.330 e. The van der Waals surface area contributed by atoms with Crippen LogP contribution in [-0.2, 0) is 0 Å². The van der Waals surface area contributed by atoms with Gasteiger partial charge in [0, 0.05) is 0 Å². The number of hydrogen-bond donors (Lipinski definition) is 1. The molecule has 0 bridgehead atoms. The highest BCUT2D eigenvalue weighted by Crippen LogP contribution is 2.35. The Kier molecular flexibility index (Phi) is 3.55. The molecule has 0 heterocycles. The van der Waals surface area contributed by atoms with Crippen LogP contribution in [0.3, 0.4) is 0 Å². The molecule has 0 aromatic carbocycles. The maximum Gasteiger partial charge on any atom is -0.00459 e. The molecule has 1 aliphatic carbocycles. The fourth-order valence-electron chi connectivity index (χ4n) is 2.21. The fraction of sp³-hybridized carbons (Fsp3) is 0.833. The highest BCUT2D eigenvalue weighted by Gasteiger charge is 2.26. The van der Waals surface area contributed by atoms with Crippen LogP contribution in [0.2, 0.25) is 0 Å². The topological polar surface area (TPSA) is 26.0 Å². The predicted octanol–water partition coefficient (Wildman–Crippen LogP) is 2.82. The van der Waals surface area contributed by atoms with Gasteiger partial charge in [0.05, 0.1) is 0 Å². The van der Waals surface area contributed by atoms with Crippen LogP contribution in [-0.4, -0.2) is 6.54 Å². The molecule has 1 nitrogen and oxygen atoms in total. The average Bonchev–Trinajstić information content (AvgIpc) is 2.12. The molecular formula is C12H23N. The van der Waals surface area contributed by atoms with Gasteiger partial charge in [-0.3, -0.25) is 0 Å². The Bertz CT molecular complexity index is 195. The molecule has 4 atom stereocenters. The summed E-state index contributed by atoms with van der Waals surface area (Å²) in [6.07, 6.45) is 3.76. The van der Waals surface area contributed by atoms with Crippen molar-refractivity contribution in [2.75, 3.05) is 6.54 Å². The Morgan fingerprint density at radius 2 is 2.15 bits per heavy atom. The van der Waals surface area contributed by atoms with Gasteiger partial charge in [0.25, 0.3) is 0 Å². The fourth-order valence-corrected chi connectivity index (χ4v) is 2.21. The minimum absolute atomic E-state index is 0.643. The van der Waals surface area contributed by atoms with Gasteiger partial charge in [0.15, 0.2) is 0 Å². The molecule has 2 N–H and O–H groups in total. The van der Waals surface area contributed by atoms with Gasteiger partial charge in [-0.25, -0.2) is 0 Å². The summed E-state index contributed by atoms with van der Waals surface area (Å²) in [4.78, 5) is 0. The lowest BCUT2D eigenvalue weighted by Gasteiger charge is -2.33. The van der Waals surface area contributed by atoms with Crippen LogP contribution in [0.25, 0.3) is 0 Å². The number of allylic oxidation sites excluding steroid dienone is 2. The van der Waals surface area contributed by atoms with Gasteiger partial charge in [0.2, 0.25) is 0 Å². The first kappa shape index (κ1) is 10.8. The molecule has 0 fully saturated rings. The van der Waals surface area contributed by atoms with E-state index in [4.69, 9.17) is 5.73 Å². The number of hydrogen-bond acceptors (Lipinski definition) is 1. The summed E-state index contributed by atoms with van der Waals surface area (Å²) >= 11 is 0. The molecule has 0 saturated carbocycles. The van der Waals surface area contributed by atoms with Crippen LogP contribution in [0.15, 0.2) is 11.6 Å². The quantitative estimate of drug-likeness (QED) is 0.651. The summed E-state index contributed by atoms with van der Waals surface area (Å²) in [6, 6.07) is 0. The molecule has 1 rings (SSSR count). The van der Waals surface area contributed by atoms with Crippen molar-refractivity contribution in [2.24, 2.45) is 29.4 Å². The molecule has 0 aromatic heterocycles. The zero-order valence-corrected chi connectivity index (χ0v) is 9.38. The maximum atomic E-state index is 5.70. The van der Waals surface area contributed by atoms with E-state index in [1.54, 1.807) is 5.57 Å². The van der Waals surface area contributed by atoms with Gasteiger partial charge in [-0.2, -0.15) is 0 Å². The minimum atomic E-state index is 0.643. The van der Waals surface area contributed by atoms with Crippen molar-refractivity contribution >= 4 is 0 Å². The van der Waals surface area contributed by atoms with Crippen LogP contribution in [0, 0.1) is 23.7 Å². The van der Waals surface area contributed by atoms with Crippen molar-refractivity contribution in [1.82, 2.24) is 0 Å². The Morgan fingerprint density at radius 3 is 2.62 bits per heavy atom. The smallest absolute Gasteiger partial charge is 0.00459 e. The number of nitrogens with two attached hydrogens (primary N) is 1. The molecule has 4 unspecified atom stereocenters. The third kappa shape index (κ3) is 2.34. The lowest BCUT2D eigenvalue weighted by molar-refractivity contribution is 0.282. The third-order valence-corrected chi connectivity index (χ3v) is 3.80. The van der Waals surface area contributed by atoms with Gasteiger partial charge < -0.3 is 5.73 Å². The van der Waals surface area contributed by atoms with E-state index in [0.717, 1.165) is 24.3 Å². The van der Waals surface area contributed by atoms with Gasteiger partial charge in [-0.1, -0.05) is 32.4 Å². The molecule has 1 aliphatic rings. The number of rotatable bonds is 2. The summed E-state index contributed by atoms with van der Waals surface area (Å²) in [5.74, 6) is 2.95. The molecule has 0 amide bonds. The summed E-state index contributed by atoms with van der Waals surface area (Å²) in [5, 5.41) is 0. The molecule has 0 radical (unpaired) electrons. The van der Waals surface area contributed by atoms with Crippen LogP contribution >= 0.6 is 0 Å². The second kappa shape index (κ2) is 4.28. The van der Waals surface area contributed by atoms with Crippen LogP contribution in [0.1, 0.15) is 34.1 Å². The van der Waals surface area contributed by atoms with Gasteiger partial charge in [0.1, 0.15) is 0 Å². The van der Waals surface area contributed by atoms with E-state index in [1.807, 2.05) is 0 Å². The van der Waals surface area contributed by atoms with Crippen LogP contribution in [0.4, 0.5) is 0 Å². The summed E-state index contributed by atoms with van der Waals surface area (Å²) in [6.45, 7) is 10.0. The molecular weight excluding hydrogens is 158 g/mol. The van der Waals surface area contributed by atoms with Gasteiger partial charge in [-0.05, 0) is 43.6 Å². The van der Waals surface area contributed by atoms with Crippen molar-refractivity contribution in [1.29, 1.82) is 0 Å². The standard InChI is InChI=1S/C12H23N/c1-8-5-12(10(3)7-13)6-9(2)11(8)4/h5,9-12H,6-7,13H2,1-4H3. The lowest BCUT2D eigenvalue weighted by Crippen LogP contribution is -2.27. The molecule has 76 valence electrons. The maximum absolute atomic E-state index is 5.70. The van der Waals surface area contributed by atoms with Crippen molar-refractivity contribution in [2.45, 2.75) is 34.1 Å². The average molecular weight is 181 g/mol. The van der Waals surface area contributed by atoms with Gasteiger partial charge in [-0.15, -0.1) is 0 Å². The van der Waals surface area contributed by atoms with E-state index < -0.39 is 0 Å². The van der Waals surface area contributed by atoms with E-state index in [-0.39, 0.29) is 0 Å². The highest BCUT2D eigenvalue weighted by molar-refractivity contribution is 5.11. The second-order valence-corrected chi connectivity index (χ2v) is 4.79. The Morgan fingerprint density at radius 1 is 1.54 bits per heavy atom. The van der Waals surface area contributed by atoms with Crippen molar-refractivity contribution in [3.05, 3.63) is 11.6 Å². The van der Waals surface area contributed by atoms with Crippen LogP contribution < -0.4 is 5.73 Å². The van der Waals surface area contributed by atoms with E-state index in [2.05, 4.69) is 33.8 Å². The van der Waals surface area contributed by atoms with Crippen molar-refractivity contribution in [3.63, 3.8) is 0 Å². The predicted molar refractivity (Wildman–Crippen MR) is 58.4 cm³/mol. The first-order valence-electron chi connectivity index (χ1n) is 5.44. The first-order valence-corrected chi connectivity index (χ1v) is 5.44. The Hall–Kier alpha value is -0.300. The molecule has 0 aromatic rings. The zero-order chi connectivity index (χ0) is 10.0. The van der Waals surface area contributed by atoms with E-state index in [1.165, 1.54) is 6.42 Å². The lowest BCUT2D eigenvalue weighted by atomic mass is 9.73. The minimum Gasteiger partial charge on any atom is -0.330 e. The normalized spacial score (nSPS) is 37.0. The Labute approximate surface area is 82.4 Å². The van der Waals surface area contributed by atoms with Crippen molar-refractivity contribution in [3.8, 4) is 0 Å². The van der Waals surface area contributed by atoms with Crippen LogP contribution in [0.5, 0.6) is 0 Å². The van der Waals surface area contributed by atoms with Gasteiger partial charge >= 0.3 is 0 Å². The van der Waals surface area contributed by atoms with Crippen molar-refractivity contribution < 1.29 is 0 Å². The summed E-state index contributed by atoms with van der Waals surface area (Å²) < 4.78 is 0. The summed E-state index contributed by atoms with van der Waals surface area (Å²) in [5.41, 5.74) is 7.26. The first-order chi connectivity index (χ1) is 6.06. The Balaban J connectivity index is 2.71. The zero-order valence-electron chi connectivity index (χ0n) is 9.38. The molecule has 1 heteroatoms. The third-order valence-electron chi connectivity index (χ3n) is 3.80. The highest BCUT2D eigenvalue weighted by atomic mass is 14.5. The van der Waals surface area contributed by atoms with E-state index >= 15 is 0 Å². The molecule has 0 spiro atoms. The molecule has 13 heavy (non-hydrogen) atoms.